The van der Waals surface area contributed by atoms with Gasteiger partial charge in [0.15, 0.2) is 0 Å². The standard InChI is InChI=1S/C12H20N4O2S/c1-7-12(8(2)15-14-7)19(17,18)16-5-9-3-4-11(13)10(9)6-16/h9-11H,3-6,13H2,1-2H3,(H,14,15). The molecule has 0 bridgehead atoms. The van der Waals surface area contributed by atoms with Gasteiger partial charge in [-0.1, -0.05) is 0 Å². The zero-order chi connectivity index (χ0) is 13.8. The number of hydrogen-bond donors (Lipinski definition) is 2. The maximum absolute atomic E-state index is 12.7. The van der Waals surface area contributed by atoms with Gasteiger partial charge in [0, 0.05) is 19.1 Å². The molecule has 6 nitrogen and oxygen atoms in total. The smallest absolute Gasteiger partial charge is 0.246 e. The summed E-state index contributed by atoms with van der Waals surface area (Å²) in [5.41, 5.74) is 7.21. The summed E-state index contributed by atoms with van der Waals surface area (Å²) in [6.07, 6.45) is 2.06. The number of nitrogens with zero attached hydrogens (tertiary/aromatic N) is 2. The Labute approximate surface area is 113 Å². The second-order valence-electron chi connectivity index (χ2n) is 5.75. The third-order valence-corrected chi connectivity index (χ3v) is 6.63. The number of aromatic nitrogens is 2. The van der Waals surface area contributed by atoms with Crippen LogP contribution in [0.2, 0.25) is 0 Å². The third-order valence-electron chi connectivity index (χ3n) is 4.54. The van der Waals surface area contributed by atoms with Gasteiger partial charge in [-0.15, -0.1) is 0 Å². The lowest BCUT2D eigenvalue weighted by molar-refractivity contribution is 0.426. The first-order chi connectivity index (χ1) is 8.91. The van der Waals surface area contributed by atoms with Crippen LogP contribution in [-0.2, 0) is 10.0 Å². The zero-order valence-electron chi connectivity index (χ0n) is 11.3. The fourth-order valence-electron chi connectivity index (χ4n) is 3.51. The predicted molar refractivity (Wildman–Crippen MR) is 71.0 cm³/mol. The van der Waals surface area contributed by atoms with Crippen LogP contribution in [0.3, 0.4) is 0 Å². The minimum atomic E-state index is -3.44. The Morgan fingerprint density at radius 1 is 1.32 bits per heavy atom. The van der Waals surface area contributed by atoms with Gasteiger partial charge in [-0.05, 0) is 38.5 Å². The summed E-state index contributed by atoms with van der Waals surface area (Å²) < 4.78 is 27.0. The van der Waals surface area contributed by atoms with Crippen molar-refractivity contribution in [3.8, 4) is 0 Å². The number of sulfonamides is 1. The maximum atomic E-state index is 12.7. The Morgan fingerprint density at radius 2 is 2.05 bits per heavy atom. The van der Waals surface area contributed by atoms with Crippen molar-refractivity contribution >= 4 is 10.0 Å². The van der Waals surface area contributed by atoms with Crippen molar-refractivity contribution in [2.45, 2.75) is 37.6 Å². The molecule has 2 aliphatic rings. The highest BCUT2D eigenvalue weighted by Gasteiger charge is 2.45. The van der Waals surface area contributed by atoms with Gasteiger partial charge < -0.3 is 5.73 Å². The van der Waals surface area contributed by atoms with Crippen molar-refractivity contribution in [2.75, 3.05) is 13.1 Å². The second kappa shape index (κ2) is 4.29. The van der Waals surface area contributed by atoms with E-state index >= 15 is 0 Å². The minimum Gasteiger partial charge on any atom is -0.327 e. The number of aromatic amines is 1. The van der Waals surface area contributed by atoms with Crippen LogP contribution in [-0.4, -0.2) is 42.1 Å². The van der Waals surface area contributed by atoms with Gasteiger partial charge in [0.05, 0.1) is 11.4 Å². The van der Waals surface area contributed by atoms with Crippen molar-refractivity contribution in [1.29, 1.82) is 0 Å². The number of nitrogens with one attached hydrogen (secondary N) is 1. The Balaban J connectivity index is 1.91. The molecule has 3 unspecified atom stereocenters. The molecule has 106 valence electrons. The molecule has 2 fully saturated rings. The van der Waals surface area contributed by atoms with Gasteiger partial charge in [0.1, 0.15) is 4.90 Å². The number of rotatable bonds is 2. The molecule has 3 atom stereocenters. The van der Waals surface area contributed by atoms with E-state index in [1.165, 1.54) is 0 Å². The lowest BCUT2D eigenvalue weighted by atomic mass is 9.98. The molecule has 1 aliphatic heterocycles. The van der Waals surface area contributed by atoms with Gasteiger partial charge in [-0.3, -0.25) is 5.10 Å². The molecular weight excluding hydrogens is 264 g/mol. The van der Waals surface area contributed by atoms with E-state index in [2.05, 4.69) is 10.2 Å². The van der Waals surface area contributed by atoms with Gasteiger partial charge >= 0.3 is 0 Å². The van der Waals surface area contributed by atoms with Crippen molar-refractivity contribution in [2.24, 2.45) is 17.6 Å². The highest BCUT2D eigenvalue weighted by atomic mass is 32.2. The first-order valence-electron chi connectivity index (χ1n) is 6.68. The van der Waals surface area contributed by atoms with Crippen LogP contribution in [0.1, 0.15) is 24.2 Å². The number of fused-ring (bicyclic) bond motifs is 1. The summed E-state index contributed by atoms with van der Waals surface area (Å²) in [5.74, 6) is 0.750. The molecule has 19 heavy (non-hydrogen) atoms. The van der Waals surface area contributed by atoms with E-state index in [9.17, 15) is 8.42 Å². The zero-order valence-corrected chi connectivity index (χ0v) is 12.1. The quantitative estimate of drug-likeness (QED) is 0.821. The molecule has 0 spiro atoms. The SMILES string of the molecule is Cc1n[nH]c(C)c1S(=O)(=O)N1CC2CCC(N)C2C1. The summed E-state index contributed by atoms with van der Waals surface area (Å²) in [5, 5.41) is 6.73. The molecule has 1 aromatic heterocycles. The average molecular weight is 284 g/mol. The molecule has 1 saturated carbocycles. The largest absolute Gasteiger partial charge is 0.327 e. The van der Waals surface area contributed by atoms with E-state index in [1.807, 2.05) is 0 Å². The molecule has 1 saturated heterocycles. The van der Waals surface area contributed by atoms with E-state index in [4.69, 9.17) is 5.73 Å². The summed E-state index contributed by atoms with van der Waals surface area (Å²) in [4.78, 5) is 0.334. The van der Waals surface area contributed by atoms with E-state index in [-0.39, 0.29) is 6.04 Å². The van der Waals surface area contributed by atoms with Crippen LogP contribution >= 0.6 is 0 Å². The lowest BCUT2D eigenvalue weighted by Gasteiger charge is -2.18. The molecule has 1 aliphatic carbocycles. The summed E-state index contributed by atoms with van der Waals surface area (Å²) >= 11 is 0. The van der Waals surface area contributed by atoms with Crippen LogP contribution in [0.25, 0.3) is 0 Å². The van der Waals surface area contributed by atoms with E-state index in [0.29, 0.717) is 41.2 Å². The molecule has 0 aromatic carbocycles. The molecule has 0 amide bonds. The maximum Gasteiger partial charge on any atom is 0.246 e. The molecule has 3 rings (SSSR count). The van der Waals surface area contributed by atoms with Gasteiger partial charge in [-0.2, -0.15) is 9.40 Å². The Bertz CT molecular complexity index is 575. The number of hydrogen-bond acceptors (Lipinski definition) is 4. The fraction of sp³-hybridized carbons (Fsp3) is 0.750. The van der Waals surface area contributed by atoms with Crippen molar-refractivity contribution in [3.63, 3.8) is 0 Å². The molecule has 2 heterocycles. The second-order valence-corrected chi connectivity index (χ2v) is 7.63. The highest BCUT2D eigenvalue weighted by molar-refractivity contribution is 7.89. The van der Waals surface area contributed by atoms with Crippen molar-refractivity contribution in [3.05, 3.63) is 11.4 Å². The Morgan fingerprint density at radius 3 is 2.63 bits per heavy atom. The van der Waals surface area contributed by atoms with E-state index in [0.717, 1.165) is 12.8 Å². The first-order valence-corrected chi connectivity index (χ1v) is 8.12. The van der Waals surface area contributed by atoms with Gasteiger partial charge in [0.2, 0.25) is 10.0 Å². The lowest BCUT2D eigenvalue weighted by Crippen LogP contribution is -2.33. The number of H-pyrrole nitrogens is 1. The average Bonchev–Trinajstić information content (AvgIpc) is 2.97. The molecular formula is C12H20N4O2S. The van der Waals surface area contributed by atoms with E-state index < -0.39 is 10.0 Å². The molecule has 3 N–H and O–H groups in total. The molecule has 1 aromatic rings. The Hall–Kier alpha value is -0.920. The topological polar surface area (TPSA) is 92.1 Å². The predicted octanol–water partition coefficient (Wildman–Crippen LogP) is 0.384. The van der Waals surface area contributed by atoms with Crippen LogP contribution in [0.15, 0.2) is 4.90 Å². The summed E-state index contributed by atoms with van der Waals surface area (Å²) in [6, 6.07) is 0.150. The first kappa shape index (κ1) is 13.1. The van der Waals surface area contributed by atoms with E-state index in [1.54, 1.807) is 18.2 Å². The van der Waals surface area contributed by atoms with Crippen LogP contribution < -0.4 is 5.73 Å². The summed E-state index contributed by atoms with van der Waals surface area (Å²) in [6.45, 7) is 4.62. The van der Waals surface area contributed by atoms with Crippen LogP contribution in [0.5, 0.6) is 0 Å². The molecule has 0 radical (unpaired) electrons. The highest BCUT2D eigenvalue weighted by Crippen LogP contribution is 2.39. The third kappa shape index (κ3) is 1.91. The van der Waals surface area contributed by atoms with Gasteiger partial charge in [-0.25, -0.2) is 8.42 Å². The fourth-order valence-corrected chi connectivity index (χ4v) is 5.38. The number of nitrogens with two attached hydrogens (primary N) is 1. The van der Waals surface area contributed by atoms with Crippen molar-refractivity contribution in [1.82, 2.24) is 14.5 Å². The Kier molecular flexibility index (Phi) is 2.95. The monoisotopic (exact) mass is 284 g/mol. The van der Waals surface area contributed by atoms with Crippen LogP contribution in [0, 0.1) is 25.7 Å². The van der Waals surface area contributed by atoms with Crippen LogP contribution in [0.4, 0.5) is 0 Å². The number of aryl methyl sites for hydroxylation is 2. The summed E-state index contributed by atoms with van der Waals surface area (Å²) in [7, 11) is -3.44. The van der Waals surface area contributed by atoms with Gasteiger partial charge in [0.25, 0.3) is 0 Å². The minimum absolute atomic E-state index is 0.150. The van der Waals surface area contributed by atoms with Crippen molar-refractivity contribution < 1.29 is 8.42 Å². The molecule has 7 heteroatoms. The normalized spacial score (nSPS) is 31.8.